The molecule has 0 aromatic heterocycles. The molecule has 3 rings (SSSR count). The van der Waals surface area contributed by atoms with E-state index < -0.39 is 0 Å². The molecular weight excluding hydrogens is 358 g/mol. The smallest absolute Gasteiger partial charge is 0.254 e. The molecule has 1 aliphatic rings. The first-order chi connectivity index (χ1) is 13.5. The molecule has 4 N–H and O–H groups in total. The van der Waals surface area contributed by atoms with Gasteiger partial charge in [-0.05, 0) is 42.0 Å². The third-order valence-corrected chi connectivity index (χ3v) is 4.32. The molecule has 28 heavy (non-hydrogen) atoms. The molecule has 0 saturated carbocycles. The van der Waals surface area contributed by atoms with Crippen LogP contribution in [-0.2, 0) is 11.3 Å². The van der Waals surface area contributed by atoms with E-state index in [-0.39, 0.29) is 18.4 Å². The summed E-state index contributed by atoms with van der Waals surface area (Å²) in [4.78, 5) is 29.7. The van der Waals surface area contributed by atoms with Crippen LogP contribution in [0.15, 0.2) is 53.5 Å². The van der Waals surface area contributed by atoms with Crippen LogP contribution in [0.3, 0.4) is 0 Å². The molecule has 0 atom stereocenters. The van der Waals surface area contributed by atoms with Crippen LogP contribution in [0.1, 0.15) is 15.9 Å². The van der Waals surface area contributed by atoms with Gasteiger partial charge in [0.05, 0.1) is 20.2 Å². The average Bonchev–Trinajstić information content (AvgIpc) is 2.72. The maximum atomic E-state index is 12.5. The number of anilines is 1. The fraction of sp³-hybridized carbons (Fsp3) is 0.250. The van der Waals surface area contributed by atoms with E-state index in [0.717, 1.165) is 17.0 Å². The highest BCUT2D eigenvalue weighted by atomic mass is 16.5. The van der Waals surface area contributed by atoms with Gasteiger partial charge < -0.3 is 26.0 Å². The fourth-order valence-corrected chi connectivity index (χ4v) is 2.79. The normalized spacial score (nSPS) is 14.4. The van der Waals surface area contributed by atoms with Gasteiger partial charge in [0, 0.05) is 24.3 Å². The van der Waals surface area contributed by atoms with Crippen molar-refractivity contribution in [2.45, 2.75) is 6.54 Å². The van der Waals surface area contributed by atoms with E-state index in [1.54, 1.807) is 24.1 Å². The molecule has 1 heterocycles. The van der Waals surface area contributed by atoms with E-state index in [1.165, 1.54) is 0 Å². The van der Waals surface area contributed by atoms with E-state index in [1.807, 2.05) is 36.4 Å². The van der Waals surface area contributed by atoms with Crippen LogP contribution in [0, 0.1) is 0 Å². The molecule has 2 aromatic carbocycles. The number of hydrogen-bond acceptors (Lipinski definition) is 4. The zero-order valence-corrected chi connectivity index (χ0v) is 15.6. The van der Waals surface area contributed by atoms with Gasteiger partial charge in [-0.1, -0.05) is 12.1 Å². The summed E-state index contributed by atoms with van der Waals surface area (Å²) in [6.07, 6.45) is 0. The van der Waals surface area contributed by atoms with E-state index in [0.29, 0.717) is 31.2 Å². The highest BCUT2D eigenvalue weighted by molar-refractivity contribution is 5.97. The Labute approximate surface area is 163 Å². The van der Waals surface area contributed by atoms with Gasteiger partial charge in [0.15, 0.2) is 5.96 Å². The monoisotopic (exact) mass is 381 g/mol. The topological polar surface area (TPSA) is 109 Å². The summed E-state index contributed by atoms with van der Waals surface area (Å²) in [6.45, 7) is 1.48. The van der Waals surface area contributed by atoms with Gasteiger partial charge in [0.25, 0.3) is 5.91 Å². The lowest BCUT2D eigenvalue weighted by Gasteiger charge is -2.26. The predicted octanol–water partition coefficient (Wildman–Crippen LogP) is 1.19. The Balaban J connectivity index is 1.56. The number of nitrogens with two attached hydrogens (primary N) is 1. The number of nitrogens with one attached hydrogen (secondary N) is 2. The second kappa shape index (κ2) is 8.90. The number of piperazine rings is 1. The third-order valence-electron chi connectivity index (χ3n) is 4.32. The summed E-state index contributed by atoms with van der Waals surface area (Å²) in [7, 11) is 1.61. The molecule has 0 spiro atoms. The molecule has 2 aromatic rings. The van der Waals surface area contributed by atoms with Gasteiger partial charge >= 0.3 is 0 Å². The third kappa shape index (κ3) is 5.00. The Bertz CT molecular complexity index is 862. The minimum atomic E-state index is -0.148. The summed E-state index contributed by atoms with van der Waals surface area (Å²) in [5.74, 6) is 0.779. The standard InChI is InChI=1S/C20H23N5O3/c1-28-17-8-6-16(7-9-17)24-20(21)23-12-14-2-4-15(5-3-14)19(27)25-11-10-22-18(26)13-25/h2-9H,10-13H2,1H3,(H,22,26)(H3,21,23,24). The number of ether oxygens (including phenoxy) is 1. The molecule has 146 valence electrons. The van der Waals surface area contributed by atoms with Crippen LogP contribution in [0.2, 0.25) is 0 Å². The van der Waals surface area contributed by atoms with Crippen molar-refractivity contribution in [3.63, 3.8) is 0 Å². The molecule has 8 nitrogen and oxygen atoms in total. The summed E-state index contributed by atoms with van der Waals surface area (Å²) >= 11 is 0. The minimum absolute atomic E-state index is 0.0957. The summed E-state index contributed by atoms with van der Waals surface area (Å²) in [5.41, 5.74) is 8.21. The van der Waals surface area contributed by atoms with Gasteiger partial charge in [0.1, 0.15) is 5.75 Å². The Hall–Kier alpha value is -3.55. The Morgan fingerprint density at radius 2 is 1.93 bits per heavy atom. The maximum Gasteiger partial charge on any atom is 0.254 e. The van der Waals surface area contributed by atoms with E-state index in [2.05, 4.69) is 15.6 Å². The number of benzene rings is 2. The van der Waals surface area contributed by atoms with Crippen LogP contribution in [0.5, 0.6) is 5.75 Å². The number of hydrogen-bond donors (Lipinski definition) is 3. The van der Waals surface area contributed by atoms with Crippen molar-refractivity contribution < 1.29 is 14.3 Å². The number of carbonyl (C=O) groups is 2. The van der Waals surface area contributed by atoms with Crippen LogP contribution >= 0.6 is 0 Å². The maximum absolute atomic E-state index is 12.5. The Morgan fingerprint density at radius 3 is 2.57 bits per heavy atom. The van der Waals surface area contributed by atoms with Crippen molar-refractivity contribution >= 4 is 23.5 Å². The van der Waals surface area contributed by atoms with Crippen molar-refractivity contribution in [3.8, 4) is 5.75 Å². The molecule has 0 radical (unpaired) electrons. The van der Waals surface area contributed by atoms with Crippen molar-refractivity contribution in [3.05, 3.63) is 59.7 Å². The predicted molar refractivity (Wildman–Crippen MR) is 107 cm³/mol. The summed E-state index contributed by atoms with van der Waals surface area (Å²) in [5, 5.41) is 5.72. The molecule has 8 heteroatoms. The minimum Gasteiger partial charge on any atom is -0.497 e. The quantitative estimate of drug-likeness (QED) is 0.533. The molecule has 0 unspecified atom stereocenters. The molecule has 1 fully saturated rings. The van der Waals surface area contributed by atoms with Crippen LogP contribution < -0.4 is 21.1 Å². The molecule has 1 aliphatic heterocycles. The van der Waals surface area contributed by atoms with Gasteiger partial charge in [-0.2, -0.15) is 0 Å². The van der Waals surface area contributed by atoms with Crippen molar-refractivity contribution in [2.24, 2.45) is 10.7 Å². The molecule has 2 amide bonds. The van der Waals surface area contributed by atoms with Gasteiger partial charge in [0.2, 0.25) is 5.91 Å². The highest BCUT2D eigenvalue weighted by Gasteiger charge is 2.21. The lowest BCUT2D eigenvalue weighted by atomic mass is 10.1. The summed E-state index contributed by atoms with van der Waals surface area (Å²) in [6, 6.07) is 14.5. The van der Waals surface area contributed by atoms with Crippen molar-refractivity contribution in [2.75, 3.05) is 32.1 Å². The van der Waals surface area contributed by atoms with Crippen LogP contribution in [0.25, 0.3) is 0 Å². The number of carbonyl (C=O) groups excluding carboxylic acids is 2. The molecule has 0 bridgehead atoms. The van der Waals surface area contributed by atoms with Crippen molar-refractivity contribution in [1.82, 2.24) is 10.2 Å². The first-order valence-electron chi connectivity index (χ1n) is 8.91. The molecule has 0 aliphatic carbocycles. The van der Waals surface area contributed by atoms with Crippen molar-refractivity contribution in [1.29, 1.82) is 0 Å². The van der Waals surface area contributed by atoms with Crippen LogP contribution in [-0.4, -0.2) is 49.4 Å². The number of aliphatic imine (C=N–C) groups is 1. The summed E-state index contributed by atoms with van der Waals surface area (Å²) < 4.78 is 5.11. The fourth-order valence-electron chi connectivity index (χ4n) is 2.79. The van der Waals surface area contributed by atoms with Crippen LogP contribution in [0.4, 0.5) is 5.69 Å². The second-order valence-corrected chi connectivity index (χ2v) is 6.33. The number of rotatable bonds is 5. The average molecular weight is 381 g/mol. The van der Waals surface area contributed by atoms with E-state index in [4.69, 9.17) is 10.5 Å². The number of amides is 2. The van der Waals surface area contributed by atoms with Gasteiger partial charge in [-0.15, -0.1) is 0 Å². The number of nitrogens with zero attached hydrogens (tertiary/aromatic N) is 2. The highest BCUT2D eigenvalue weighted by Crippen LogP contribution is 2.15. The first kappa shape index (κ1) is 19.2. The molecule has 1 saturated heterocycles. The largest absolute Gasteiger partial charge is 0.497 e. The number of methoxy groups -OCH3 is 1. The lowest BCUT2D eigenvalue weighted by molar-refractivity contribution is -0.123. The lowest BCUT2D eigenvalue weighted by Crippen LogP contribution is -2.49. The Kier molecular flexibility index (Phi) is 6.11. The zero-order valence-electron chi connectivity index (χ0n) is 15.6. The van der Waals surface area contributed by atoms with E-state index in [9.17, 15) is 9.59 Å². The zero-order chi connectivity index (χ0) is 19.9. The molecular formula is C20H23N5O3. The second-order valence-electron chi connectivity index (χ2n) is 6.33. The van der Waals surface area contributed by atoms with Gasteiger partial charge in [-0.25, -0.2) is 4.99 Å². The Morgan fingerprint density at radius 1 is 1.21 bits per heavy atom. The van der Waals surface area contributed by atoms with Gasteiger partial charge in [-0.3, -0.25) is 9.59 Å². The van der Waals surface area contributed by atoms with E-state index >= 15 is 0 Å². The SMILES string of the molecule is COc1ccc(NC(N)=NCc2ccc(C(=O)N3CCNC(=O)C3)cc2)cc1. The first-order valence-corrected chi connectivity index (χ1v) is 8.91. The number of guanidine groups is 1.